The van der Waals surface area contributed by atoms with Gasteiger partial charge in [-0.25, -0.2) is 0 Å². The molecule has 118 valence electrons. The molecular formula is C21H18N2O. The quantitative estimate of drug-likeness (QED) is 0.521. The maximum absolute atomic E-state index is 6.37. The second-order valence-electron chi connectivity index (χ2n) is 5.87. The largest absolute Gasteiger partial charge is 0.497 e. The highest BCUT2D eigenvalue weighted by molar-refractivity contribution is 6.13. The van der Waals surface area contributed by atoms with Gasteiger partial charge in [-0.05, 0) is 45.8 Å². The zero-order valence-electron chi connectivity index (χ0n) is 13.4. The SMILES string of the molecule is COc1ccc2ccc(N)c(-c3c(N)ccc4ccccc34)c2c1. The minimum Gasteiger partial charge on any atom is -0.497 e. The molecule has 4 N–H and O–H groups in total. The lowest BCUT2D eigenvalue weighted by Crippen LogP contribution is -1.97. The van der Waals surface area contributed by atoms with E-state index in [4.69, 9.17) is 16.2 Å². The number of ether oxygens (including phenoxy) is 1. The molecule has 4 aromatic carbocycles. The molecule has 0 unspecified atom stereocenters. The number of fused-ring (bicyclic) bond motifs is 2. The molecule has 0 spiro atoms. The molecule has 0 amide bonds. The highest BCUT2D eigenvalue weighted by Gasteiger charge is 2.15. The number of methoxy groups -OCH3 is 1. The van der Waals surface area contributed by atoms with Gasteiger partial charge in [0.15, 0.2) is 0 Å². The predicted molar refractivity (Wildman–Crippen MR) is 102 cm³/mol. The third kappa shape index (κ3) is 2.14. The first-order valence-electron chi connectivity index (χ1n) is 7.83. The zero-order valence-corrected chi connectivity index (χ0v) is 13.4. The summed E-state index contributed by atoms with van der Waals surface area (Å²) in [6.07, 6.45) is 0. The highest BCUT2D eigenvalue weighted by atomic mass is 16.5. The molecular weight excluding hydrogens is 296 g/mol. The van der Waals surface area contributed by atoms with Crippen LogP contribution >= 0.6 is 0 Å². The number of rotatable bonds is 2. The zero-order chi connectivity index (χ0) is 16.7. The Balaban J connectivity index is 2.18. The van der Waals surface area contributed by atoms with E-state index in [9.17, 15) is 0 Å². The van der Waals surface area contributed by atoms with Crippen LogP contribution in [0.1, 0.15) is 0 Å². The van der Waals surface area contributed by atoms with Crippen molar-refractivity contribution in [3.8, 4) is 16.9 Å². The molecule has 0 fully saturated rings. The molecule has 0 radical (unpaired) electrons. The molecule has 0 saturated heterocycles. The summed E-state index contributed by atoms with van der Waals surface area (Å²) >= 11 is 0. The fourth-order valence-corrected chi connectivity index (χ4v) is 3.29. The average Bonchev–Trinajstić information content (AvgIpc) is 2.62. The van der Waals surface area contributed by atoms with Gasteiger partial charge in [0.05, 0.1) is 7.11 Å². The van der Waals surface area contributed by atoms with E-state index < -0.39 is 0 Å². The Kier molecular flexibility index (Phi) is 3.28. The Bertz CT molecular complexity index is 1070. The van der Waals surface area contributed by atoms with E-state index in [1.165, 1.54) is 0 Å². The van der Waals surface area contributed by atoms with Gasteiger partial charge in [0, 0.05) is 22.5 Å². The van der Waals surface area contributed by atoms with Gasteiger partial charge in [0.25, 0.3) is 0 Å². The van der Waals surface area contributed by atoms with Crippen molar-refractivity contribution >= 4 is 32.9 Å². The Hall–Kier alpha value is -3.20. The predicted octanol–water partition coefficient (Wildman–Crippen LogP) is 4.83. The van der Waals surface area contributed by atoms with Gasteiger partial charge < -0.3 is 16.2 Å². The Morgan fingerprint density at radius 1 is 0.667 bits per heavy atom. The summed E-state index contributed by atoms with van der Waals surface area (Å²) in [4.78, 5) is 0. The second-order valence-corrected chi connectivity index (χ2v) is 5.87. The van der Waals surface area contributed by atoms with Crippen LogP contribution in [0.5, 0.6) is 5.75 Å². The summed E-state index contributed by atoms with van der Waals surface area (Å²) in [6.45, 7) is 0. The molecule has 0 aliphatic rings. The molecule has 24 heavy (non-hydrogen) atoms. The summed E-state index contributed by atoms with van der Waals surface area (Å²) in [6, 6.07) is 22.2. The molecule has 0 saturated carbocycles. The van der Waals surface area contributed by atoms with Crippen molar-refractivity contribution in [3.63, 3.8) is 0 Å². The van der Waals surface area contributed by atoms with Crippen LogP contribution in [0.4, 0.5) is 11.4 Å². The standard InChI is InChI=1S/C21H18N2O/c1-24-15-9-6-14-8-11-19(23)21(17(14)12-15)20-16-5-3-2-4-13(16)7-10-18(20)22/h2-12H,22-23H2,1H3. The van der Waals surface area contributed by atoms with Crippen molar-refractivity contribution in [2.45, 2.75) is 0 Å². The van der Waals surface area contributed by atoms with E-state index in [1.54, 1.807) is 7.11 Å². The number of hydrogen-bond donors (Lipinski definition) is 2. The van der Waals surface area contributed by atoms with Crippen molar-refractivity contribution in [1.29, 1.82) is 0 Å². The smallest absolute Gasteiger partial charge is 0.119 e. The van der Waals surface area contributed by atoms with E-state index in [1.807, 2.05) is 54.6 Å². The first kappa shape index (κ1) is 14.4. The average molecular weight is 314 g/mol. The van der Waals surface area contributed by atoms with Crippen molar-refractivity contribution in [2.24, 2.45) is 0 Å². The van der Waals surface area contributed by atoms with Gasteiger partial charge in [-0.2, -0.15) is 0 Å². The lowest BCUT2D eigenvalue weighted by atomic mass is 9.91. The van der Waals surface area contributed by atoms with Crippen molar-refractivity contribution in [1.82, 2.24) is 0 Å². The lowest BCUT2D eigenvalue weighted by molar-refractivity contribution is 0.415. The minimum atomic E-state index is 0.707. The van der Waals surface area contributed by atoms with Crippen LogP contribution in [0.2, 0.25) is 0 Å². The normalized spacial score (nSPS) is 11.0. The number of nitrogen functional groups attached to an aromatic ring is 2. The van der Waals surface area contributed by atoms with Crippen LogP contribution in [-0.4, -0.2) is 7.11 Å². The van der Waals surface area contributed by atoms with Crippen LogP contribution in [0, 0.1) is 0 Å². The third-order valence-corrected chi connectivity index (χ3v) is 4.47. The molecule has 0 heterocycles. The lowest BCUT2D eigenvalue weighted by Gasteiger charge is -2.16. The second kappa shape index (κ2) is 5.46. The van der Waals surface area contributed by atoms with Crippen LogP contribution in [0.25, 0.3) is 32.7 Å². The fraction of sp³-hybridized carbons (Fsp3) is 0.0476. The maximum Gasteiger partial charge on any atom is 0.119 e. The Labute approximate surface area is 140 Å². The topological polar surface area (TPSA) is 61.3 Å². The van der Waals surface area contributed by atoms with Crippen molar-refractivity contribution in [2.75, 3.05) is 18.6 Å². The summed E-state index contributed by atoms with van der Waals surface area (Å²) < 4.78 is 5.40. The van der Waals surface area contributed by atoms with Gasteiger partial charge in [-0.3, -0.25) is 0 Å². The van der Waals surface area contributed by atoms with Crippen LogP contribution < -0.4 is 16.2 Å². The van der Waals surface area contributed by atoms with Crippen LogP contribution in [0.3, 0.4) is 0 Å². The number of nitrogens with two attached hydrogens (primary N) is 2. The maximum atomic E-state index is 6.37. The summed E-state index contributed by atoms with van der Waals surface area (Å²) in [5.74, 6) is 0.799. The molecule has 3 heteroatoms. The van der Waals surface area contributed by atoms with E-state index in [0.717, 1.165) is 44.1 Å². The molecule has 0 bridgehead atoms. The van der Waals surface area contributed by atoms with E-state index >= 15 is 0 Å². The Morgan fingerprint density at radius 3 is 1.96 bits per heavy atom. The van der Waals surface area contributed by atoms with E-state index in [0.29, 0.717) is 5.69 Å². The summed E-state index contributed by atoms with van der Waals surface area (Å²) in [5, 5.41) is 4.38. The molecule has 3 nitrogen and oxygen atoms in total. The molecule has 4 rings (SSSR count). The van der Waals surface area contributed by atoms with Crippen LogP contribution in [-0.2, 0) is 0 Å². The number of benzene rings is 4. The van der Waals surface area contributed by atoms with Gasteiger partial charge in [-0.1, -0.05) is 42.5 Å². The van der Waals surface area contributed by atoms with Crippen molar-refractivity contribution < 1.29 is 4.74 Å². The minimum absolute atomic E-state index is 0.707. The summed E-state index contributed by atoms with van der Waals surface area (Å²) in [7, 11) is 1.67. The molecule has 0 aliphatic carbocycles. The molecule has 0 aliphatic heterocycles. The highest BCUT2D eigenvalue weighted by Crippen LogP contribution is 2.42. The van der Waals surface area contributed by atoms with Crippen molar-refractivity contribution in [3.05, 3.63) is 66.7 Å². The first-order chi connectivity index (χ1) is 11.7. The number of anilines is 2. The van der Waals surface area contributed by atoms with Gasteiger partial charge >= 0.3 is 0 Å². The molecule has 4 aromatic rings. The van der Waals surface area contributed by atoms with Gasteiger partial charge in [0.2, 0.25) is 0 Å². The summed E-state index contributed by atoms with van der Waals surface area (Å²) in [5.41, 5.74) is 16.1. The van der Waals surface area contributed by atoms with Gasteiger partial charge in [0.1, 0.15) is 5.75 Å². The van der Waals surface area contributed by atoms with E-state index in [-0.39, 0.29) is 0 Å². The van der Waals surface area contributed by atoms with E-state index in [2.05, 4.69) is 12.1 Å². The van der Waals surface area contributed by atoms with Gasteiger partial charge in [-0.15, -0.1) is 0 Å². The third-order valence-electron chi connectivity index (χ3n) is 4.47. The van der Waals surface area contributed by atoms with Crippen LogP contribution in [0.15, 0.2) is 66.7 Å². The molecule has 0 atom stereocenters. The molecule has 0 aromatic heterocycles. The first-order valence-corrected chi connectivity index (χ1v) is 7.83. The fourth-order valence-electron chi connectivity index (χ4n) is 3.29. The Morgan fingerprint density at radius 2 is 1.25 bits per heavy atom. The monoisotopic (exact) mass is 314 g/mol. The number of hydrogen-bond acceptors (Lipinski definition) is 3.